The van der Waals surface area contributed by atoms with E-state index in [1.54, 1.807) is 28.0 Å². The summed E-state index contributed by atoms with van der Waals surface area (Å²) < 4.78 is 13.3. The molecule has 0 aromatic heterocycles. The standard InChI is InChI=1S/C19H23FN2O2/c1-3-10-21(11-4-2)18(23)15-8-12-22(13-9-15)19(24)16-6-5-7-17(20)14-16/h3-7,14-15H,1-2,8-13H2. The molecule has 0 bridgehead atoms. The van der Waals surface area contributed by atoms with Gasteiger partial charge in [-0.1, -0.05) is 18.2 Å². The average molecular weight is 330 g/mol. The summed E-state index contributed by atoms with van der Waals surface area (Å²) in [7, 11) is 0. The molecule has 1 aromatic carbocycles. The van der Waals surface area contributed by atoms with Crippen molar-refractivity contribution in [2.75, 3.05) is 26.2 Å². The van der Waals surface area contributed by atoms with Crippen LogP contribution in [0, 0.1) is 11.7 Å². The zero-order valence-electron chi connectivity index (χ0n) is 13.8. The fraction of sp³-hybridized carbons (Fsp3) is 0.368. The van der Waals surface area contributed by atoms with Gasteiger partial charge in [0.15, 0.2) is 0 Å². The van der Waals surface area contributed by atoms with E-state index in [9.17, 15) is 14.0 Å². The minimum Gasteiger partial charge on any atom is -0.339 e. The zero-order valence-corrected chi connectivity index (χ0v) is 13.8. The van der Waals surface area contributed by atoms with Gasteiger partial charge in [0.05, 0.1) is 0 Å². The summed E-state index contributed by atoms with van der Waals surface area (Å²) in [6.45, 7) is 9.34. The zero-order chi connectivity index (χ0) is 17.5. The predicted molar refractivity (Wildman–Crippen MR) is 92.0 cm³/mol. The van der Waals surface area contributed by atoms with Gasteiger partial charge in [-0.2, -0.15) is 0 Å². The molecule has 0 atom stereocenters. The largest absolute Gasteiger partial charge is 0.339 e. The van der Waals surface area contributed by atoms with Gasteiger partial charge in [0.2, 0.25) is 5.91 Å². The fourth-order valence-corrected chi connectivity index (χ4v) is 2.96. The van der Waals surface area contributed by atoms with Gasteiger partial charge in [-0.3, -0.25) is 9.59 Å². The van der Waals surface area contributed by atoms with Crippen LogP contribution in [0.25, 0.3) is 0 Å². The van der Waals surface area contributed by atoms with Crippen LogP contribution in [0.4, 0.5) is 4.39 Å². The first-order valence-electron chi connectivity index (χ1n) is 8.12. The van der Waals surface area contributed by atoms with Gasteiger partial charge >= 0.3 is 0 Å². The molecule has 4 nitrogen and oxygen atoms in total. The van der Waals surface area contributed by atoms with E-state index in [2.05, 4.69) is 13.2 Å². The molecule has 5 heteroatoms. The number of amides is 2. The van der Waals surface area contributed by atoms with Crippen LogP contribution in [0.15, 0.2) is 49.6 Å². The van der Waals surface area contributed by atoms with Crippen molar-refractivity contribution in [3.05, 3.63) is 61.0 Å². The summed E-state index contributed by atoms with van der Waals surface area (Å²) in [6.07, 6.45) is 4.63. The van der Waals surface area contributed by atoms with E-state index in [0.717, 1.165) is 0 Å². The summed E-state index contributed by atoms with van der Waals surface area (Å²) >= 11 is 0. The average Bonchev–Trinajstić information content (AvgIpc) is 2.60. The number of carbonyl (C=O) groups excluding carboxylic acids is 2. The van der Waals surface area contributed by atoms with Crippen molar-refractivity contribution in [2.24, 2.45) is 5.92 Å². The Morgan fingerprint density at radius 1 is 1.21 bits per heavy atom. The van der Waals surface area contributed by atoms with Crippen molar-refractivity contribution in [3.63, 3.8) is 0 Å². The molecule has 128 valence electrons. The Bertz CT molecular complexity index is 612. The number of nitrogens with zero attached hydrogens (tertiary/aromatic N) is 2. The van der Waals surface area contributed by atoms with Gasteiger partial charge in [-0.05, 0) is 31.0 Å². The molecule has 1 aromatic rings. The second kappa shape index (κ2) is 8.43. The van der Waals surface area contributed by atoms with Crippen molar-refractivity contribution in [3.8, 4) is 0 Å². The van der Waals surface area contributed by atoms with Crippen LogP contribution in [0.3, 0.4) is 0 Å². The molecule has 0 N–H and O–H groups in total. The molecule has 1 aliphatic heterocycles. The van der Waals surface area contributed by atoms with E-state index in [4.69, 9.17) is 0 Å². The summed E-state index contributed by atoms with van der Waals surface area (Å²) in [6, 6.07) is 5.70. The lowest BCUT2D eigenvalue weighted by molar-refractivity contribution is -0.135. The van der Waals surface area contributed by atoms with E-state index >= 15 is 0 Å². The Labute approximate surface area is 142 Å². The van der Waals surface area contributed by atoms with E-state index in [1.165, 1.54) is 18.2 Å². The molecule has 0 radical (unpaired) electrons. The number of carbonyl (C=O) groups is 2. The number of hydrogen-bond acceptors (Lipinski definition) is 2. The lowest BCUT2D eigenvalue weighted by atomic mass is 9.94. The number of rotatable bonds is 6. The summed E-state index contributed by atoms with van der Waals surface area (Å²) in [4.78, 5) is 28.4. The predicted octanol–water partition coefficient (Wildman–Crippen LogP) is 2.88. The van der Waals surface area contributed by atoms with Gasteiger partial charge in [0, 0.05) is 37.7 Å². The highest BCUT2D eigenvalue weighted by molar-refractivity contribution is 5.94. The number of likely N-dealkylation sites (tertiary alicyclic amines) is 1. The number of benzene rings is 1. The molecular formula is C19H23FN2O2. The Hall–Kier alpha value is -2.43. The molecule has 2 rings (SSSR count). The topological polar surface area (TPSA) is 40.6 Å². The third-order valence-corrected chi connectivity index (χ3v) is 4.21. The van der Waals surface area contributed by atoms with Crippen molar-refractivity contribution in [1.82, 2.24) is 9.80 Å². The maximum Gasteiger partial charge on any atom is 0.253 e. The Kier molecular flexibility index (Phi) is 6.29. The first kappa shape index (κ1) is 17.9. The molecule has 1 saturated heterocycles. The fourth-order valence-electron chi connectivity index (χ4n) is 2.96. The molecule has 1 heterocycles. The first-order valence-corrected chi connectivity index (χ1v) is 8.12. The second-order valence-electron chi connectivity index (χ2n) is 5.90. The summed E-state index contributed by atoms with van der Waals surface area (Å²) in [5.41, 5.74) is 0.347. The Balaban J connectivity index is 1.95. The first-order chi connectivity index (χ1) is 11.6. The summed E-state index contributed by atoms with van der Waals surface area (Å²) in [5.74, 6) is -0.626. The third-order valence-electron chi connectivity index (χ3n) is 4.21. The lowest BCUT2D eigenvalue weighted by Gasteiger charge is -2.33. The second-order valence-corrected chi connectivity index (χ2v) is 5.90. The molecule has 0 spiro atoms. The number of piperidine rings is 1. The quantitative estimate of drug-likeness (QED) is 0.753. The van der Waals surface area contributed by atoms with Gasteiger partial charge in [-0.25, -0.2) is 4.39 Å². The molecule has 0 unspecified atom stereocenters. The molecule has 1 aliphatic rings. The maximum atomic E-state index is 13.3. The van der Waals surface area contributed by atoms with Crippen LogP contribution >= 0.6 is 0 Å². The number of hydrogen-bond donors (Lipinski definition) is 0. The van der Waals surface area contributed by atoms with Crippen molar-refractivity contribution >= 4 is 11.8 Å². The minimum absolute atomic E-state index is 0.0765. The van der Waals surface area contributed by atoms with Crippen molar-refractivity contribution in [1.29, 1.82) is 0 Å². The minimum atomic E-state index is -0.421. The highest BCUT2D eigenvalue weighted by Crippen LogP contribution is 2.21. The van der Waals surface area contributed by atoms with Crippen LogP contribution < -0.4 is 0 Å². The van der Waals surface area contributed by atoms with Crippen LogP contribution in [0.5, 0.6) is 0 Å². The van der Waals surface area contributed by atoms with Crippen LogP contribution in [0.1, 0.15) is 23.2 Å². The highest BCUT2D eigenvalue weighted by Gasteiger charge is 2.30. The van der Waals surface area contributed by atoms with E-state index < -0.39 is 5.82 Å². The monoisotopic (exact) mass is 330 g/mol. The normalized spacial score (nSPS) is 15.0. The molecule has 0 aliphatic carbocycles. The third kappa shape index (κ3) is 4.31. The van der Waals surface area contributed by atoms with Crippen LogP contribution in [-0.4, -0.2) is 47.8 Å². The molecular weight excluding hydrogens is 307 g/mol. The van der Waals surface area contributed by atoms with Crippen molar-refractivity contribution in [2.45, 2.75) is 12.8 Å². The van der Waals surface area contributed by atoms with Crippen LogP contribution in [0.2, 0.25) is 0 Å². The Morgan fingerprint density at radius 3 is 2.38 bits per heavy atom. The van der Waals surface area contributed by atoms with Gasteiger partial charge in [0.25, 0.3) is 5.91 Å². The van der Waals surface area contributed by atoms with E-state index in [0.29, 0.717) is 44.6 Å². The van der Waals surface area contributed by atoms with Gasteiger partial charge in [0.1, 0.15) is 5.82 Å². The lowest BCUT2D eigenvalue weighted by Crippen LogP contribution is -2.44. The SMILES string of the molecule is C=CCN(CC=C)C(=O)C1CCN(C(=O)c2cccc(F)c2)CC1. The van der Waals surface area contributed by atoms with Crippen molar-refractivity contribution < 1.29 is 14.0 Å². The summed E-state index contributed by atoms with van der Waals surface area (Å²) in [5, 5.41) is 0. The Morgan fingerprint density at radius 2 is 1.83 bits per heavy atom. The molecule has 0 saturated carbocycles. The van der Waals surface area contributed by atoms with E-state index in [1.807, 2.05) is 0 Å². The molecule has 1 fully saturated rings. The molecule has 2 amide bonds. The van der Waals surface area contributed by atoms with E-state index in [-0.39, 0.29) is 17.7 Å². The van der Waals surface area contributed by atoms with Gasteiger partial charge in [-0.15, -0.1) is 13.2 Å². The smallest absolute Gasteiger partial charge is 0.253 e. The van der Waals surface area contributed by atoms with Gasteiger partial charge < -0.3 is 9.80 Å². The highest BCUT2D eigenvalue weighted by atomic mass is 19.1. The molecule has 24 heavy (non-hydrogen) atoms. The maximum absolute atomic E-state index is 13.3. The number of halogens is 1. The van der Waals surface area contributed by atoms with Crippen LogP contribution in [-0.2, 0) is 4.79 Å².